The van der Waals surface area contributed by atoms with E-state index in [1.54, 1.807) is 45.0 Å². The molecule has 0 saturated heterocycles. The van der Waals surface area contributed by atoms with E-state index in [2.05, 4.69) is 5.32 Å². The van der Waals surface area contributed by atoms with Gasteiger partial charge in [0.25, 0.3) is 0 Å². The largest absolute Gasteiger partial charge is 0.462 e. The summed E-state index contributed by atoms with van der Waals surface area (Å²) in [6.45, 7) is 5.97. The lowest BCUT2D eigenvalue weighted by atomic mass is 10.2. The minimum absolute atomic E-state index is 0.217. The van der Waals surface area contributed by atoms with E-state index in [1.165, 1.54) is 6.08 Å². The third-order valence-electron chi connectivity index (χ3n) is 2.49. The van der Waals surface area contributed by atoms with Crippen LogP contribution in [0.4, 0.5) is 4.79 Å². The normalized spacial score (nSPS) is 11.3. The highest BCUT2D eigenvalue weighted by Gasteiger charge is 2.15. The fraction of sp³-hybridized carbons (Fsp3) is 0.412. The van der Waals surface area contributed by atoms with Gasteiger partial charge in [0.2, 0.25) is 0 Å². The maximum Gasteiger partial charge on any atom is 0.407 e. The smallest absolute Gasteiger partial charge is 0.407 e. The van der Waals surface area contributed by atoms with E-state index in [4.69, 9.17) is 21.1 Å². The van der Waals surface area contributed by atoms with Crippen molar-refractivity contribution in [2.24, 2.45) is 0 Å². The average Bonchev–Trinajstić information content (AvgIpc) is 2.43. The lowest BCUT2D eigenvalue weighted by Gasteiger charge is -2.19. The van der Waals surface area contributed by atoms with E-state index in [9.17, 15) is 9.59 Å². The van der Waals surface area contributed by atoms with Gasteiger partial charge in [-0.3, -0.25) is 0 Å². The fourth-order valence-corrected chi connectivity index (χ4v) is 1.77. The molecule has 0 fully saturated rings. The number of rotatable bonds is 6. The first-order chi connectivity index (χ1) is 10.8. The van der Waals surface area contributed by atoms with Crippen LogP contribution in [0.2, 0.25) is 5.02 Å². The average molecular weight is 340 g/mol. The van der Waals surface area contributed by atoms with Crippen molar-refractivity contribution in [1.29, 1.82) is 0 Å². The molecule has 0 aromatic heterocycles. The van der Waals surface area contributed by atoms with Crippen LogP contribution in [-0.2, 0) is 14.3 Å². The summed E-state index contributed by atoms with van der Waals surface area (Å²) >= 11 is 5.85. The topological polar surface area (TPSA) is 64.6 Å². The monoisotopic (exact) mass is 339 g/mol. The number of hydrogen-bond donors (Lipinski definition) is 1. The zero-order valence-corrected chi connectivity index (χ0v) is 14.4. The van der Waals surface area contributed by atoms with Crippen LogP contribution in [-0.4, -0.2) is 30.8 Å². The van der Waals surface area contributed by atoms with Gasteiger partial charge in [0.15, 0.2) is 0 Å². The Balaban J connectivity index is 2.18. The Morgan fingerprint density at radius 3 is 2.70 bits per heavy atom. The van der Waals surface area contributed by atoms with Crippen molar-refractivity contribution in [1.82, 2.24) is 5.32 Å². The van der Waals surface area contributed by atoms with Crippen molar-refractivity contribution in [3.8, 4) is 0 Å². The molecule has 0 saturated carbocycles. The van der Waals surface area contributed by atoms with Crippen molar-refractivity contribution < 1.29 is 19.1 Å². The molecule has 6 heteroatoms. The summed E-state index contributed by atoms with van der Waals surface area (Å²) in [6, 6.07) is 7.14. The molecule has 0 aliphatic carbocycles. The molecular weight excluding hydrogens is 318 g/mol. The van der Waals surface area contributed by atoms with E-state index in [0.717, 1.165) is 5.56 Å². The summed E-state index contributed by atoms with van der Waals surface area (Å²) in [5.41, 5.74) is 0.294. The second kappa shape index (κ2) is 9.20. The number of alkyl carbamates (subject to hydrolysis) is 1. The lowest BCUT2D eigenvalue weighted by Crippen LogP contribution is -2.33. The number of nitrogens with one attached hydrogen (secondary N) is 1. The highest BCUT2D eigenvalue weighted by molar-refractivity contribution is 6.30. The molecular formula is C17H22ClNO4. The van der Waals surface area contributed by atoms with Gasteiger partial charge < -0.3 is 14.8 Å². The van der Waals surface area contributed by atoms with Gasteiger partial charge in [-0.1, -0.05) is 23.7 Å². The van der Waals surface area contributed by atoms with Gasteiger partial charge in [0.05, 0.1) is 6.61 Å². The summed E-state index contributed by atoms with van der Waals surface area (Å²) in [5.74, 6) is -0.442. The maximum absolute atomic E-state index is 11.5. The van der Waals surface area contributed by atoms with Crippen LogP contribution in [0, 0.1) is 0 Å². The molecule has 0 aliphatic heterocycles. The van der Waals surface area contributed by atoms with E-state index >= 15 is 0 Å². The SMILES string of the molecule is CC(C)(C)OC(=O)NCCCOC(=O)/C=C/c1cccc(Cl)c1. The van der Waals surface area contributed by atoms with Crippen LogP contribution in [0.1, 0.15) is 32.8 Å². The van der Waals surface area contributed by atoms with Gasteiger partial charge in [-0.15, -0.1) is 0 Å². The third kappa shape index (κ3) is 9.58. The highest BCUT2D eigenvalue weighted by Crippen LogP contribution is 2.11. The molecule has 0 bridgehead atoms. The Labute approximate surface area is 141 Å². The Bertz CT molecular complexity index is 564. The zero-order valence-electron chi connectivity index (χ0n) is 13.6. The minimum Gasteiger partial charge on any atom is -0.462 e. The van der Waals surface area contributed by atoms with Crippen LogP contribution in [0.25, 0.3) is 6.08 Å². The second-order valence-corrected chi connectivity index (χ2v) is 6.27. The number of ether oxygens (including phenoxy) is 2. The molecule has 0 heterocycles. The van der Waals surface area contributed by atoms with Crippen molar-refractivity contribution in [3.63, 3.8) is 0 Å². The number of amides is 1. The number of halogens is 1. The Kier molecular flexibility index (Phi) is 7.62. The summed E-state index contributed by atoms with van der Waals surface area (Å²) in [4.78, 5) is 22.9. The predicted octanol–water partition coefficient (Wildman–Crippen LogP) is 3.81. The first-order valence-electron chi connectivity index (χ1n) is 7.33. The second-order valence-electron chi connectivity index (χ2n) is 5.84. The van der Waals surface area contributed by atoms with Crippen LogP contribution in [0.15, 0.2) is 30.3 Å². The Morgan fingerprint density at radius 2 is 2.04 bits per heavy atom. The molecule has 0 atom stereocenters. The lowest BCUT2D eigenvalue weighted by molar-refractivity contribution is -0.137. The van der Waals surface area contributed by atoms with Gasteiger partial charge in [-0.2, -0.15) is 0 Å². The third-order valence-corrected chi connectivity index (χ3v) is 2.73. The standard InChI is InChI=1S/C17H22ClNO4/c1-17(2,3)23-16(21)19-10-5-11-22-15(20)9-8-13-6-4-7-14(18)12-13/h4,6-9,12H,5,10-11H2,1-3H3,(H,19,21)/b9-8+. The molecule has 1 aromatic rings. The maximum atomic E-state index is 11.5. The quantitative estimate of drug-likeness (QED) is 0.486. The van der Waals surface area contributed by atoms with Gasteiger partial charge in [0, 0.05) is 17.6 Å². The van der Waals surface area contributed by atoms with E-state index in [1.807, 2.05) is 6.07 Å². The van der Waals surface area contributed by atoms with Crippen molar-refractivity contribution >= 4 is 29.7 Å². The molecule has 5 nitrogen and oxygen atoms in total. The highest BCUT2D eigenvalue weighted by atomic mass is 35.5. The number of esters is 1. The molecule has 1 amide bonds. The fourth-order valence-electron chi connectivity index (χ4n) is 1.57. The van der Waals surface area contributed by atoms with E-state index in [-0.39, 0.29) is 6.61 Å². The minimum atomic E-state index is -0.526. The summed E-state index contributed by atoms with van der Waals surface area (Å²) < 4.78 is 10.1. The van der Waals surface area contributed by atoms with Gasteiger partial charge >= 0.3 is 12.1 Å². The molecule has 1 rings (SSSR count). The first-order valence-corrected chi connectivity index (χ1v) is 7.71. The Hall–Kier alpha value is -2.01. The number of benzene rings is 1. The summed E-state index contributed by atoms with van der Waals surface area (Å²) in [5, 5.41) is 3.20. The molecule has 0 unspecified atom stereocenters. The molecule has 126 valence electrons. The molecule has 0 aliphatic rings. The van der Waals surface area contributed by atoms with Crippen LogP contribution in [0.3, 0.4) is 0 Å². The Morgan fingerprint density at radius 1 is 1.30 bits per heavy atom. The van der Waals surface area contributed by atoms with E-state index in [0.29, 0.717) is 18.0 Å². The molecule has 1 N–H and O–H groups in total. The molecule has 0 radical (unpaired) electrons. The van der Waals surface area contributed by atoms with Crippen LogP contribution >= 0.6 is 11.6 Å². The van der Waals surface area contributed by atoms with Crippen LogP contribution in [0.5, 0.6) is 0 Å². The van der Waals surface area contributed by atoms with Crippen molar-refractivity contribution in [2.45, 2.75) is 32.8 Å². The number of hydrogen-bond acceptors (Lipinski definition) is 4. The zero-order chi connectivity index (χ0) is 17.3. The van der Waals surface area contributed by atoms with Crippen molar-refractivity contribution in [3.05, 3.63) is 40.9 Å². The molecule has 0 spiro atoms. The van der Waals surface area contributed by atoms with Gasteiger partial charge in [0.1, 0.15) is 5.60 Å². The molecule has 1 aromatic carbocycles. The number of carbonyl (C=O) groups excluding carboxylic acids is 2. The number of carbonyl (C=O) groups is 2. The van der Waals surface area contributed by atoms with Gasteiger partial charge in [-0.05, 0) is 51.0 Å². The summed E-state index contributed by atoms with van der Waals surface area (Å²) in [6.07, 6.45) is 3.00. The van der Waals surface area contributed by atoms with Gasteiger partial charge in [-0.25, -0.2) is 9.59 Å². The van der Waals surface area contributed by atoms with E-state index < -0.39 is 17.7 Å². The molecule has 23 heavy (non-hydrogen) atoms. The first kappa shape index (κ1) is 19.0. The predicted molar refractivity (Wildman–Crippen MR) is 90.3 cm³/mol. The van der Waals surface area contributed by atoms with Crippen LogP contribution < -0.4 is 5.32 Å². The van der Waals surface area contributed by atoms with Crippen molar-refractivity contribution in [2.75, 3.05) is 13.2 Å². The summed E-state index contributed by atoms with van der Waals surface area (Å²) in [7, 11) is 0.